The molecule has 74 valence electrons. The molecule has 1 heterocycles. The fraction of sp³-hybridized carbons (Fsp3) is 0.571. The molecule has 0 bridgehead atoms. The summed E-state index contributed by atoms with van der Waals surface area (Å²) in [7, 11) is 0. The van der Waals surface area contributed by atoms with E-state index >= 15 is 0 Å². The molecule has 13 heavy (non-hydrogen) atoms. The Morgan fingerprint density at radius 2 is 2.31 bits per heavy atom. The highest BCUT2D eigenvalue weighted by molar-refractivity contribution is 5.02. The molecule has 0 radical (unpaired) electrons. The fourth-order valence-corrected chi connectivity index (χ4v) is 0.887. The Morgan fingerprint density at radius 3 is 2.77 bits per heavy atom. The minimum Gasteiger partial charge on any atom is -0.301 e. The summed E-state index contributed by atoms with van der Waals surface area (Å²) in [5.74, 6) is 0. The summed E-state index contributed by atoms with van der Waals surface area (Å²) in [5.41, 5.74) is 0.643. The largest absolute Gasteiger partial charge is 0.401 e. The van der Waals surface area contributed by atoms with Gasteiger partial charge in [0.15, 0.2) is 0 Å². The average Bonchev–Trinajstić information content (AvgIpc) is 2.50. The molecule has 1 atom stereocenters. The van der Waals surface area contributed by atoms with Crippen molar-refractivity contribution >= 4 is 0 Å². The van der Waals surface area contributed by atoms with Crippen molar-refractivity contribution in [2.24, 2.45) is 0 Å². The van der Waals surface area contributed by atoms with Gasteiger partial charge in [0.1, 0.15) is 0 Å². The van der Waals surface area contributed by atoms with Crippen LogP contribution in [0.25, 0.3) is 0 Å². The monoisotopic (exact) mass is 193 g/mol. The molecule has 1 unspecified atom stereocenters. The van der Waals surface area contributed by atoms with E-state index in [1.165, 1.54) is 6.20 Å². The van der Waals surface area contributed by atoms with Crippen LogP contribution in [0.2, 0.25) is 0 Å². The zero-order chi connectivity index (χ0) is 9.90. The van der Waals surface area contributed by atoms with Gasteiger partial charge in [-0.1, -0.05) is 0 Å². The maximum atomic E-state index is 11.8. The van der Waals surface area contributed by atoms with Gasteiger partial charge in [-0.05, 0) is 13.0 Å². The first-order chi connectivity index (χ1) is 5.99. The van der Waals surface area contributed by atoms with Crippen molar-refractivity contribution in [1.82, 2.24) is 15.5 Å². The molecular formula is C7H10F3N3. The van der Waals surface area contributed by atoms with E-state index in [9.17, 15) is 13.2 Å². The maximum absolute atomic E-state index is 11.8. The highest BCUT2D eigenvalue weighted by Crippen LogP contribution is 2.15. The van der Waals surface area contributed by atoms with Crippen molar-refractivity contribution in [3.8, 4) is 0 Å². The molecule has 1 aromatic heterocycles. The first-order valence-electron chi connectivity index (χ1n) is 3.78. The van der Waals surface area contributed by atoms with Crippen LogP contribution < -0.4 is 5.32 Å². The number of rotatable bonds is 3. The average molecular weight is 193 g/mol. The Labute approximate surface area is 73.3 Å². The van der Waals surface area contributed by atoms with Crippen LogP contribution in [0, 0.1) is 0 Å². The summed E-state index contributed by atoms with van der Waals surface area (Å²) in [6.07, 6.45) is -2.67. The van der Waals surface area contributed by atoms with Gasteiger partial charge in [-0.15, -0.1) is 0 Å². The first kappa shape index (κ1) is 10.0. The van der Waals surface area contributed by atoms with E-state index in [1.54, 1.807) is 13.0 Å². The minimum absolute atomic E-state index is 0.371. The summed E-state index contributed by atoms with van der Waals surface area (Å²) < 4.78 is 35.3. The molecule has 0 saturated heterocycles. The van der Waals surface area contributed by atoms with Crippen LogP contribution >= 0.6 is 0 Å². The standard InChI is InChI=1S/C7H10F3N3/c1-5(6-2-3-12-13-6)11-4-7(8,9)10/h2-3,5,11H,4H2,1H3,(H,12,13). The Balaban J connectivity index is 2.39. The second-order valence-electron chi connectivity index (χ2n) is 2.73. The van der Waals surface area contributed by atoms with Crippen molar-refractivity contribution in [1.29, 1.82) is 0 Å². The van der Waals surface area contributed by atoms with E-state index in [0.29, 0.717) is 5.69 Å². The number of nitrogens with one attached hydrogen (secondary N) is 2. The van der Waals surface area contributed by atoms with Gasteiger partial charge in [0.2, 0.25) is 0 Å². The molecule has 0 spiro atoms. The van der Waals surface area contributed by atoms with Crippen molar-refractivity contribution in [3.63, 3.8) is 0 Å². The van der Waals surface area contributed by atoms with Gasteiger partial charge in [0.05, 0.1) is 12.2 Å². The lowest BCUT2D eigenvalue weighted by Gasteiger charge is -2.13. The van der Waals surface area contributed by atoms with Gasteiger partial charge in [0.25, 0.3) is 0 Å². The van der Waals surface area contributed by atoms with E-state index < -0.39 is 12.7 Å². The molecule has 2 N–H and O–H groups in total. The van der Waals surface area contributed by atoms with E-state index in [-0.39, 0.29) is 6.04 Å². The lowest BCUT2D eigenvalue weighted by Crippen LogP contribution is -2.30. The normalized spacial score (nSPS) is 14.5. The van der Waals surface area contributed by atoms with Crippen LogP contribution in [-0.4, -0.2) is 22.9 Å². The van der Waals surface area contributed by atoms with Crippen molar-refractivity contribution in [2.75, 3.05) is 6.54 Å². The minimum atomic E-state index is -4.17. The molecule has 0 saturated carbocycles. The van der Waals surface area contributed by atoms with E-state index in [1.807, 2.05) is 0 Å². The predicted molar refractivity (Wildman–Crippen MR) is 41.1 cm³/mol. The maximum Gasteiger partial charge on any atom is 0.401 e. The van der Waals surface area contributed by atoms with Crippen molar-refractivity contribution < 1.29 is 13.2 Å². The number of hydrogen-bond acceptors (Lipinski definition) is 2. The number of aromatic amines is 1. The fourth-order valence-electron chi connectivity index (χ4n) is 0.887. The second-order valence-corrected chi connectivity index (χ2v) is 2.73. The Bertz CT molecular complexity index is 242. The van der Waals surface area contributed by atoms with Crippen LogP contribution in [0.4, 0.5) is 13.2 Å². The topological polar surface area (TPSA) is 40.7 Å². The molecule has 3 nitrogen and oxygen atoms in total. The van der Waals surface area contributed by atoms with Crippen LogP contribution in [0.3, 0.4) is 0 Å². The number of hydrogen-bond donors (Lipinski definition) is 2. The zero-order valence-electron chi connectivity index (χ0n) is 7.02. The zero-order valence-corrected chi connectivity index (χ0v) is 7.02. The van der Waals surface area contributed by atoms with Crippen LogP contribution in [0.15, 0.2) is 12.3 Å². The summed E-state index contributed by atoms with van der Waals surface area (Å²) in [6, 6.07) is 1.26. The number of alkyl halides is 3. The van der Waals surface area contributed by atoms with Crippen LogP contribution in [-0.2, 0) is 0 Å². The third-order valence-electron chi connectivity index (χ3n) is 1.60. The molecule has 0 aliphatic carbocycles. The lowest BCUT2D eigenvalue weighted by molar-refractivity contribution is -0.126. The summed E-state index contributed by atoms with van der Waals surface area (Å²) in [6.45, 7) is 0.645. The molecule has 6 heteroatoms. The molecule has 0 aliphatic rings. The smallest absolute Gasteiger partial charge is 0.301 e. The van der Waals surface area contributed by atoms with Crippen molar-refractivity contribution in [3.05, 3.63) is 18.0 Å². The van der Waals surface area contributed by atoms with Crippen LogP contribution in [0.5, 0.6) is 0 Å². The molecule has 0 amide bonds. The second kappa shape index (κ2) is 3.78. The Kier molecular flexibility index (Phi) is 2.92. The SMILES string of the molecule is CC(NCC(F)(F)F)c1ccn[nH]1. The Hall–Kier alpha value is -1.04. The van der Waals surface area contributed by atoms with Gasteiger partial charge in [-0.2, -0.15) is 18.3 Å². The van der Waals surface area contributed by atoms with Gasteiger partial charge < -0.3 is 5.32 Å². The summed E-state index contributed by atoms with van der Waals surface area (Å²) in [5, 5.41) is 8.56. The predicted octanol–water partition coefficient (Wildman–Crippen LogP) is 1.62. The molecule has 1 aromatic rings. The molecule has 0 aromatic carbocycles. The van der Waals surface area contributed by atoms with Gasteiger partial charge in [-0.3, -0.25) is 5.10 Å². The van der Waals surface area contributed by atoms with E-state index in [4.69, 9.17) is 0 Å². The number of H-pyrrole nitrogens is 1. The summed E-state index contributed by atoms with van der Waals surface area (Å²) >= 11 is 0. The molecule has 0 aliphatic heterocycles. The quantitative estimate of drug-likeness (QED) is 0.765. The third kappa shape index (κ3) is 3.45. The highest BCUT2D eigenvalue weighted by Gasteiger charge is 2.27. The van der Waals surface area contributed by atoms with Gasteiger partial charge in [0, 0.05) is 12.2 Å². The number of halogens is 3. The van der Waals surface area contributed by atoms with E-state index in [2.05, 4.69) is 15.5 Å². The van der Waals surface area contributed by atoms with Gasteiger partial charge >= 0.3 is 6.18 Å². The Morgan fingerprint density at radius 1 is 1.62 bits per heavy atom. The van der Waals surface area contributed by atoms with Crippen molar-refractivity contribution in [2.45, 2.75) is 19.1 Å². The van der Waals surface area contributed by atoms with E-state index in [0.717, 1.165) is 0 Å². The van der Waals surface area contributed by atoms with Gasteiger partial charge in [-0.25, -0.2) is 0 Å². The summed E-state index contributed by atoms with van der Waals surface area (Å²) in [4.78, 5) is 0. The highest BCUT2D eigenvalue weighted by atomic mass is 19.4. The molecule has 1 rings (SSSR count). The first-order valence-corrected chi connectivity index (χ1v) is 3.78. The number of aromatic nitrogens is 2. The molecule has 0 fully saturated rings. The lowest BCUT2D eigenvalue weighted by atomic mass is 10.2. The third-order valence-corrected chi connectivity index (χ3v) is 1.60. The van der Waals surface area contributed by atoms with Crippen LogP contribution in [0.1, 0.15) is 18.7 Å². The number of nitrogens with zero attached hydrogens (tertiary/aromatic N) is 1. The molecular weight excluding hydrogens is 183 g/mol.